The highest BCUT2D eigenvalue weighted by atomic mass is 16.5. The molecule has 6 nitrogen and oxygen atoms in total. The van der Waals surface area contributed by atoms with E-state index in [0.29, 0.717) is 5.91 Å². The zero-order valence-corrected chi connectivity index (χ0v) is 21.6. The van der Waals surface area contributed by atoms with Crippen LogP contribution >= 0.6 is 0 Å². The first-order chi connectivity index (χ1) is 17.1. The molecule has 1 amide bonds. The second kappa shape index (κ2) is 12.2. The third-order valence-electron chi connectivity index (χ3n) is 7.12. The highest BCUT2D eigenvalue weighted by molar-refractivity contribution is 5.79. The van der Waals surface area contributed by atoms with E-state index in [1.165, 1.54) is 5.56 Å². The number of imidazole rings is 1. The van der Waals surface area contributed by atoms with Crippen molar-refractivity contribution in [2.45, 2.75) is 59.0 Å². The molecule has 0 saturated carbocycles. The van der Waals surface area contributed by atoms with Gasteiger partial charge in [0.05, 0.1) is 24.7 Å². The molecule has 2 heterocycles. The Kier molecular flexibility index (Phi) is 8.80. The summed E-state index contributed by atoms with van der Waals surface area (Å²) in [5.74, 6) is 2.48. The molecule has 6 heteroatoms. The van der Waals surface area contributed by atoms with Crippen LogP contribution in [0.2, 0.25) is 0 Å². The van der Waals surface area contributed by atoms with E-state index in [2.05, 4.69) is 64.6 Å². The Labute approximate surface area is 209 Å². The third kappa shape index (κ3) is 6.23. The summed E-state index contributed by atoms with van der Waals surface area (Å²) in [6.07, 6.45) is 5.12. The Morgan fingerprint density at radius 2 is 1.74 bits per heavy atom. The number of hydrogen-bond acceptors (Lipinski definition) is 4. The number of benzene rings is 2. The summed E-state index contributed by atoms with van der Waals surface area (Å²) in [7, 11) is 1.69. The summed E-state index contributed by atoms with van der Waals surface area (Å²) < 4.78 is 7.65. The van der Waals surface area contributed by atoms with Crippen LogP contribution in [0.1, 0.15) is 57.3 Å². The maximum Gasteiger partial charge on any atom is 0.225 e. The largest absolute Gasteiger partial charge is 0.497 e. The number of likely N-dealkylation sites (tertiary alicyclic amines) is 1. The van der Waals surface area contributed by atoms with Crippen LogP contribution in [0.25, 0.3) is 11.0 Å². The Morgan fingerprint density at radius 1 is 1.00 bits per heavy atom. The minimum atomic E-state index is 0.160. The van der Waals surface area contributed by atoms with E-state index in [1.54, 1.807) is 7.11 Å². The maximum atomic E-state index is 13.2. The molecule has 35 heavy (non-hydrogen) atoms. The first kappa shape index (κ1) is 25.2. The van der Waals surface area contributed by atoms with Crippen LogP contribution in [0.15, 0.2) is 48.5 Å². The van der Waals surface area contributed by atoms with E-state index < -0.39 is 0 Å². The SMILES string of the molecule is CCCCN(CCC)C(=O)C1CCN(Cc2nc3ccccc3n2Cc2ccc(OC)cc2)CC1. The number of amides is 1. The maximum absolute atomic E-state index is 13.2. The minimum Gasteiger partial charge on any atom is -0.497 e. The number of piperidine rings is 1. The predicted octanol–water partition coefficient (Wildman–Crippen LogP) is 5.34. The van der Waals surface area contributed by atoms with Crippen LogP contribution in [-0.4, -0.2) is 58.5 Å². The number of carbonyl (C=O) groups excluding carboxylic acids is 1. The van der Waals surface area contributed by atoms with E-state index in [9.17, 15) is 4.79 Å². The molecule has 2 aromatic carbocycles. The summed E-state index contributed by atoms with van der Waals surface area (Å²) >= 11 is 0. The number of unbranched alkanes of at least 4 members (excludes halogenated alkanes) is 1. The third-order valence-corrected chi connectivity index (χ3v) is 7.12. The second-order valence-corrected chi connectivity index (χ2v) is 9.68. The normalized spacial score (nSPS) is 14.9. The number of ether oxygens (including phenoxy) is 1. The first-order valence-electron chi connectivity index (χ1n) is 13.2. The molecule has 1 fully saturated rings. The number of nitrogens with zero attached hydrogens (tertiary/aromatic N) is 4. The van der Waals surface area contributed by atoms with E-state index in [-0.39, 0.29) is 5.92 Å². The molecular weight excluding hydrogens is 436 g/mol. The van der Waals surface area contributed by atoms with Crippen LogP contribution < -0.4 is 4.74 Å². The van der Waals surface area contributed by atoms with E-state index in [1.807, 2.05) is 12.1 Å². The summed E-state index contributed by atoms with van der Waals surface area (Å²) in [4.78, 5) is 22.7. The number of rotatable bonds is 11. The van der Waals surface area contributed by atoms with Gasteiger partial charge in [0.15, 0.2) is 0 Å². The quantitative estimate of drug-likeness (QED) is 0.375. The molecule has 1 saturated heterocycles. The van der Waals surface area contributed by atoms with Crippen molar-refractivity contribution in [2.24, 2.45) is 5.92 Å². The fourth-order valence-corrected chi connectivity index (χ4v) is 5.08. The number of para-hydroxylation sites is 2. The van der Waals surface area contributed by atoms with Gasteiger partial charge < -0.3 is 14.2 Å². The number of methoxy groups -OCH3 is 1. The molecule has 0 aliphatic carbocycles. The summed E-state index contributed by atoms with van der Waals surface area (Å²) in [6.45, 7) is 9.60. The van der Waals surface area contributed by atoms with Gasteiger partial charge in [0, 0.05) is 25.6 Å². The lowest BCUT2D eigenvalue weighted by molar-refractivity contribution is -0.137. The topological polar surface area (TPSA) is 50.6 Å². The van der Waals surface area contributed by atoms with E-state index >= 15 is 0 Å². The van der Waals surface area contributed by atoms with Gasteiger partial charge in [-0.25, -0.2) is 4.98 Å². The Balaban J connectivity index is 1.43. The van der Waals surface area contributed by atoms with Crippen molar-refractivity contribution in [2.75, 3.05) is 33.3 Å². The van der Waals surface area contributed by atoms with Gasteiger partial charge in [-0.1, -0.05) is 44.5 Å². The lowest BCUT2D eigenvalue weighted by Crippen LogP contribution is -2.43. The number of carbonyl (C=O) groups is 1. The molecule has 3 aromatic rings. The van der Waals surface area contributed by atoms with E-state index in [0.717, 1.165) is 94.0 Å². The highest BCUT2D eigenvalue weighted by Crippen LogP contribution is 2.24. The van der Waals surface area contributed by atoms with Crippen LogP contribution in [-0.2, 0) is 17.9 Å². The average molecular weight is 477 g/mol. The number of fused-ring (bicyclic) bond motifs is 1. The first-order valence-corrected chi connectivity index (χ1v) is 13.2. The van der Waals surface area contributed by atoms with Gasteiger partial charge >= 0.3 is 0 Å². The Morgan fingerprint density at radius 3 is 2.43 bits per heavy atom. The monoisotopic (exact) mass is 476 g/mol. The molecular formula is C29H40N4O2. The van der Waals surface area contributed by atoms with Gasteiger partial charge in [-0.05, 0) is 68.6 Å². The molecule has 0 spiro atoms. The molecule has 0 atom stereocenters. The van der Waals surface area contributed by atoms with E-state index in [4.69, 9.17) is 9.72 Å². The van der Waals surface area contributed by atoms with Gasteiger partial charge in [0.25, 0.3) is 0 Å². The molecule has 0 bridgehead atoms. The molecule has 4 rings (SSSR count). The van der Waals surface area contributed by atoms with Crippen molar-refractivity contribution in [1.82, 2.24) is 19.4 Å². The van der Waals surface area contributed by atoms with Crippen molar-refractivity contribution >= 4 is 16.9 Å². The van der Waals surface area contributed by atoms with Crippen LogP contribution in [0.5, 0.6) is 5.75 Å². The van der Waals surface area contributed by atoms with Crippen molar-refractivity contribution in [3.05, 3.63) is 59.9 Å². The molecule has 188 valence electrons. The Bertz CT molecular complexity index is 1080. The highest BCUT2D eigenvalue weighted by Gasteiger charge is 2.28. The van der Waals surface area contributed by atoms with Crippen molar-refractivity contribution in [3.63, 3.8) is 0 Å². The lowest BCUT2D eigenvalue weighted by atomic mass is 9.95. The second-order valence-electron chi connectivity index (χ2n) is 9.68. The molecule has 1 aliphatic heterocycles. The smallest absolute Gasteiger partial charge is 0.225 e. The van der Waals surface area contributed by atoms with Gasteiger partial charge in [0.1, 0.15) is 11.6 Å². The van der Waals surface area contributed by atoms with Gasteiger partial charge in [0.2, 0.25) is 5.91 Å². The van der Waals surface area contributed by atoms with Crippen LogP contribution in [0, 0.1) is 5.92 Å². The minimum absolute atomic E-state index is 0.160. The fraction of sp³-hybridized carbons (Fsp3) is 0.517. The summed E-state index contributed by atoms with van der Waals surface area (Å²) in [5.41, 5.74) is 3.42. The average Bonchev–Trinajstić information content (AvgIpc) is 3.23. The van der Waals surface area contributed by atoms with Crippen molar-refractivity contribution < 1.29 is 9.53 Å². The van der Waals surface area contributed by atoms with Crippen LogP contribution in [0.4, 0.5) is 0 Å². The lowest BCUT2D eigenvalue weighted by Gasteiger charge is -2.34. The van der Waals surface area contributed by atoms with Gasteiger partial charge in [-0.3, -0.25) is 9.69 Å². The van der Waals surface area contributed by atoms with Crippen LogP contribution in [0.3, 0.4) is 0 Å². The van der Waals surface area contributed by atoms with Crippen molar-refractivity contribution in [3.8, 4) is 5.75 Å². The number of hydrogen-bond donors (Lipinski definition) is 0. The Hall–Kier alpha value is -2.86. The molecule has 1 aromatic heterocycles. The zero-order chi connectivity index (χ0) is 24.6. The molecule has 0 radical (unpaired) electrons. The zero-order valence-electron chi connectivity index (χ0n) is 21.6. The van der Waals surface area contributed by atoms with Gasteiger partial charge in [-0.2, -0.15) is 0 Å². The molecule has 0 N–H and O–H groups in total. The number of aromatic nitrogens is 2. The molecule has 0 unspecified atom stereocenters. The predicted molar refractivity (Wildman–Crippen MR) is 142 cm³/mol. The summed E-state index contributed by atoms with van der Waals surface area (Å²) in [6, 6.07) is 16.6. The van der Waals surface area contributed by atoms with Crippen molar-refractivity contribution in [1.29, 1.82) is 0 Å². The standard InChI is InChI=1S/C29H40N4O2/c1-4-6-18-32(17-5-2)29(34)24-15-19-31(20-16-24)22-28-30-26-9-7-8-10-27(26)33(28)21-23-11-13-25(35-3)14-12-23/h7-14,24H,4-6,15-22H2,1-3H3. The fourth-order valence-electron chi connectivity index (χ4n) is 5.08. The summed E-state index contributed by atoms with van der Waals surface area (Å²) in [5, 5.41) is 0. The molecule has 1 aliphatic rings. The van der Waals surface area contributed by atoms with Gasteiger partial charge in [-0.15, -0.1) is 0 Å².